The lowest BCUT2D eigenvalue weighted by Gasteiger charge is -2.39. The Kier molecular flexibility index (Phi) is 6.29. The summed E-state index contributed by atoms with van der Waals surface area (Å²) in [7, 11) is 0. The van der Waals surface area contributed by atoms with Gasteiger partial charge in [0, 0.05) is 26.2 Å². The minimum absolute atomic E-state index is 0.0101. The van der Waals surface area contributed by atoms with Crippen LogP contribution in [0.2, 0.25) is 0 Å². The molecule has 1 N–H and O–H groups in total. The number of aromatic nitrogens is 2. The van der Waals surface area contributed by atoms with E-state index in [1.807, 2.05) is 30.3 Å². The van der Waals surface area contributed by atoms with Gasteiger partial charge in [-0.3, -0.25) is 9.69 Å². The van der Waals surface area contributed by atoms with Gasteiger partial charge < -0.3 is 10.0 Å². The third kappa shape index (κ3) is 4.79. The number of nitrogens with zero attached hydrogens (tertiary/aromatic N) is 4. The summed E-state index contributed by atoms with van der Waals surface area (Å²) in [6.07, 6.45) is 1.43. The summed E-state index contributed by atoms with van der Waals surface area (Å²) in [5.41, 5.74) is 2.53. The van der Waals surface area contributed by atoms with Gasteiger partial charge >= 0.3 is 0 Å². The summed E-state index contributed by atoms with van der Waals surface area (Å²) in [5, 5.41) is 14.7. The van der Waals surface area contributed by atoms with E-state index in [0.717, 1.165) is 16.8 Å². The van der Waals surface area contributed by atoms with Gasteiger partial charge in [0.25, 0.3) is 5.91 Å². The molecule has 1 aliphatic heterocycles. The first-order chi connectivity index (χ1) is 17.0. The molecule has 8 heteroatoms. The first-order valence-electron chi connectivity index (χ1n) is 11.4. The van der Waals surface area contributed by atoms with Crippen molar-refractivity contribution in [3.05, 3.63) is 114 Å². The van der Waals surface area contributed by atoms with Gasteiger partial charge in [-0.15, -0.1) is 0 Å². The van der Waals surface area contributed by atoms with Gasteiger partial charge in [-0.2, -0.15) is 5.10 Å². The Morgan fingerprint density at radius 1 is 0.800 bits per heavy atom. The van der Waals surface area contributed by atoms with Crippen LogP contribution in [0.1, 0.15) is 27.7 Å². The lowest BCUT2D eigenvalue weighted by Crippen LogP contribution is -2.50. The SMILES string of the molecule is O=C(c1nn(-c2ccccc2)cc1O)N1CCN(C(c2ccc(F)cc2)c2ccc(F)cc2)CC1. The molecule has 1 aromatic heterocycles. The first kappa shape index (κ1) is 22.7. The molecule has 2 heterocycles. The Bertz CT molecular complexity index is 1250. The van der Waals surface area contributed by atoms with Crippen LogP contribution in [0.5, 0.6) is 5.75 Å². The third-order valence-electron chi connectivity index (χ3n) is 6.26. The fourth-order valence-corrected chi connectivity index (χ4v) is 4.47. The van der Waals surface area contributed by atoms with Crippen molar-refractivity contribution < 1.29 is 18.7 Å². The Morgan fingerprint density at radius 2 is 1.34 bits per heavy atom. The van der Waals surface area contributed by atoms with Gasteiger partial charge in [-0.1, -0.05) is 42.5 Å². The van der Waals surface area contributed by atoms with Gasteiger partial charge in [-0.25, -0.2) is 13.5 Å². The first-order valence-corrected chi connectivity index (χ1v) is 11.4. The Morgan fingerprint density at radius 3 is 1.89 bits per heavy atom. The second-order valence-corrected chi connectivity index (χ2v) is 8.48. The standard InChI is InChI=1S/C27H24F2N4O2/c28-21-10-6-19(7-11-21)26(20-8-12-22(29)13-9-20)31-14-16-32(17-15-31)27(35)25-24(34)18-33(30-25)23-4-2-1-3-5-23/h1-13,18,26,34H,14-17H2. The number of piperazine rings is 1. The number of hydrogen-bond donors (Lipinski definition) is 1. The molecule has 0 bridgehead atoms. The molecule has 0 unspecified atom stereocenters. The molecule has 1 fully saturated rings. The van der Waals surface area contributed by atoms with E-state index in [4.69, 9.17) is 0 Å². The molecule has 1 aliphatic rings. The topological polar surface area (TPSA) is 61.6 Å². The van der Waals surface area contributed by atoms with Crippen molar-refractivity contribution in [2.24, 2.45) is 0 Å². The molecule has 0 spiro atoms. The highest BCUT2D eigenvalue weighted by Gasteiger charge is 2.30. The minimum atomic E-state index is -0.336. The van der Waals surface area contributed by atoms with Crippen molar-refractivity contribution in [2.45, 2.75) is 6.04 Å². The van der Waals surface area contributed by atoms with Gasteiger partial charge in [-0.05, 0) is 47.5 Å². The maximum Gasteiger partial charge on any atom is 0.278 e. The highest BCUT2D eigenvalue weighted by molar-refractivity contribution is 5.95. The summed E-state index contributed by atoms with van der Waals surface area (Å²) in [4.78, 5) is 17.0. The average molecular weight is 475 g/mol. The van der Waals surface area contributed by atoms with E-state index in [-0.39, 0.29) is 35.0 Å². The second-order valence-electron chi connectivity index (χ2n) is 8.48. The third-order valence-corrected chi connectivity index (χ3v) is 6.26. The van der Waals surface area contributed by atoms with Crippen LogP contribution in [-0.2, 0) is 0 Å². The van der Waals surface area contributed by atoms with E-state index >= 15 is 0 Å². The number of rotatable bonds is 5. The number of halogens is 2. The predicted molar refractivity (Wildman–Crippen MR) is 127 cm³/mol. The molecule has 0 atom stereocenters. The zero-order valence-corrected chi connectivity index (χ0v) is 18.9. The van der Waals surface area contributed by atoms with Crippen molar-refractivity contribution in [2.75, 3.05) is 26.2 Å². The van der Waals surface area contributed by atoms with Crippen LogP contribution < -0.4 is 0 Å². The van der Waals surface area contributed by atoms with E-state index in [1.54, 1.807) is 29.2 Å². The zero-order chi connectivity index (χ0) is 24.4. The molecule has 0 radical (unpaired) electrons. The molecule has 1 saturated heterocycles. The number of carbonyl (C=O) groups is 1. The molecule has 5 rings (SSSR count). The van der Waals surface area contributed by atoms with Crippen molar-refractivity contribution in [1.29, 1.82) is 0 Å². The van der Waals surface area contributed by atoms with Crippen LogP contribution in [0.25, 0.3) is 5.69 Å². The molecule has 1 amide bonds. The summed E-state index contributed by atoms with van der Waals surface area (Å²) < 4.78 is 28.6. The van der Waals surface area contributed by atoms with E-state index in [1.165, 1.54) is 35.1 Å². The van der Waals surface area contributed by atoms with E-state index in [0.29, 0.717) is 26.2 Å². The van der Waals surface area contributed by atoms with Crippen molar-refractivity contribution in [3.63, 3.8) is 0 Å². The lowest BCUT2D eigenvalue weighted by atomic mass is 9.96. The maximum absolute atomic E-state index is 13.6. The number of carbonyl (C=O) groups excluding carboxylic acids is 1. The molecule has 35 heavy (non-hydrogen) atoms. The van der Waals surface area contributed by atoms with Crippen LogP contribution >= 0.6 is 0 Å². The summed E-state index contributed by atoms with van der Waals surface area (Å²) in [6.45, 7) is 1.95. The van der Waals surface area contributed by atoms with Crippen molar-refractivity contribution in [1.82, 2.24) is 19.6 Å². The maximum atomic E-state index is 13.6. The quantitative estimate of drug-likeness (QED) is 0.466. The molecule has 178 valence electrons. The largest absolute Gasteiger partial charge is 0.504 e. The number of hydrogen-bond acceptors (Lipinski definition) is 4. The Balaban J connectivity index is 1.33. The van der Waals surface area contributed by atoms with Crippen molar-refractivity contribution >= 4 is 5.91 Å². The number of aromatic hydroxyl groups is 1. The van der Waals surface area contributed by atoms with Gasteiger partial charge in [0.15, 0.2) is 11.4 Å². The molecule has 6 nitrogen and oxygen atoms in total. The molecular formula is C27H24F2N4O2. The molecule has 4 aromatic rings. The normalized spacial score (nSPS) is 14.4. The van der Waals surface area contributed by atoms with Gasteiger partial charge in [0.1, 0.15) is 11.6 Å². The zero-order valence-electron chi connectivity index (χ0n) is 18.9. The van der Waals surface area contributed by atoms with E-state index in [9.17, 15) is 18.7 Å². The molecule has 0 saturated carbocycles. The number of benzene rings is 3. The highest BCUT2D eigenvalue weighted by Crippen LogP contribution is 2.30. The summed E-state index contributed by atoms with van der Waals surface area (Å²) in [5.74, 6) is -1.15. The second kappa shape index (κ2) is 9.68. The fraction of sp³-hybridized carbons (Fsp3) is 0.185. The van der Waals surface area contributed by atoms with Crippen LogP contribution in [0.4, 0.5) is 8.78 Å². The molecular weight excluding hydrogens is 450 g/mol. The number of para-hydroxylation sites is 1. The van der Waals surface area contributed by atoms with Gasteiger partial charge in [0.2, 0.25) is 0 Å². The Labute approximate surface area is 201 Å². The minimum Gasteiger partial charge on any atom is -0.504 e. The fourth-order valence-electron chi connectivity index (χ4n) is 4.47. The monoisotopic (exact) mass is 474 g/mol. The summed E-state index contributed by atoms with van der Waals surface area (Å²) in [6, 6.07) is 21.6. The van der Waals surface area contributed by atoms with E-state index in [2.05, 4.69) is 10.00 Å². The van der Waals surface area contributed by atoms with Crippen molar-refractivity contribution in [3.8, 4) is 11.4 Å². The Hall–Kier alpha value is -4.04. The van der Waals surface area contributed by atoms with Crippen LogP contribution in [0, 0.1) is 11.6 Å². The van der Waals surface area contributed by atoms with Crippen LogP contribution in [0.15, 0.2) is 85.1 Å². The highest BCUT2D eigenvalue weighted by atomic mass is 19.1. The smallest absolute Gasteiger partial charge is 0.278 e. The number of amides is 1. The van der Waals surface area contributed by atoms with Crippen LogP contribution in [-0.4, -0.2) is 56.8 Å². The van der Waals surface area contributed by atoms with Crippen LogP contribution in [0.3, 0.4) is 0 Å². The lowest BCUT2D eigenvalue weighted by molar-refractivity contribution is 0.0588. The summed E-state index contributed by atoms with van der Waals surface area (Å²) >= 11 is 0. The van der Waals surface area contributed by atoms with E-state index < -0.39 is 0 Å². The molecule has 3 aromatic carbocycles. The predicted octanol–water partition coefficient (Wildman–Crippen LogP) is 4.40. The molecule has 0 aliphatic carbocycles. The average Bonchev–Trinajstić information content (AvgIpc) is 3.28. The van der Waals surface area contributed by atoms with Gasteiger partial charge in [0.05, 0.1) is 17.9 Å².